The third-order valence-electron chi connectivity index (χ3n) is 7.16. The number of imidazole rings is 1. The van der Waals surface area contributed by atoms with E-state index in [1.165, 1.54) is 6.42 Å². The smallest absolute Gasteiger partial charge is 0.329 e. The van der Waals surface area contributed by atoms with Gasteiger partial charge in [-0.15, -0.1) is 0 Å². The second kappa shape index (κ2) is 9.98. The number of benzene rings is 2. The number of rotatable bonds is 7. The molecule has 4 rings (SSSR count). The van der Waals surface area contributed by atoms with Crippen molar-refractivity contribution in [3.05, 3.63) is 59.9 Å². The molecule has 176 valence electrons. The van der Waals surface area contributed by atoms with Crippen molar-refractivity contribution in [1.29, 1.82) is 0 Å². The molecule has 0 saturated heterocycles. The van der Waals surface area contributed by atoms with Gasteiger partial charge in [-0.2, -0.15) is 0 Å². The second-order valence-corrected chi connectivity index (χ2v) is 9.93. The number of aromatic nitrogens is 2. The normalized spacial score (nSPS) is 21.9. The van der Waals surface area contributed by atoms with Crippen molar-refractivity contribution < 1.29 is 14.6 Å². The van der Waals surface area contributed by atoms with Gasteiger partial charge in [-0.05, 0) is 60.4 Å². The predicted octanol–water partition coefficient (Wildman–Crippen LogP) is 6.09. The van der Waals surface area contributed by atoms with Gasteiger partial charge < -0.3 is 14.4 Å². The fourth-order valence-electron chi connectivity index (χ4n) is 5.30. The Kier molecular flexibility index (Phi) is 7.06. The molecule has 0 bridgehead atoms. The van der Waals surface area contributed by atoms with Gasteiger partial charge in [-0.1, -0.05) is 58.4 Å². The van der Waals surface area contributed by atoms with Crippen molar-refractivity contribution in [1.82, 2.24) is 9.55 Å². The second-order valence-electron chi connectivity index (χ2n) is 9.93. The molecule has 3 aromatic rings. The van der Waals surface area contributed by atoms with E-state index in [-0.39, 0.29) is 17.8 Å². The molecule has 5 heteroatoms. The van der Waals surface area contributed by atoms with Crippen molar-refractivity contribution in [2.45, 2.75) is 71.9 Å². The Morgan fingerprint density at radius 2 is 1.88 bits per heavy atom. The molecule has 0 aliphatic heterocycles. The molecule has 0 amide bonds. The van der Waals surface area contributed by atoms with Crippen LogP contribution in [0.15, 0.2) is 48.5 Å². The fraction of sp³-hybridized carbons (Fsp3) is 0.500. The van der Waals surface area contributed by atoms with Crippen LogP contribution >= 0.6 is 0 Å². The monoisotopic (exact) mass is 448 g/mol. The van der Waals surface area contributed by atoms with Gasteiger partial charge in [0, 0.05) is 12.8 Å². The van der Waals surface area contributed by atoms with E-state index in [2.05, 4.69) is 32.3 Å². The van der Waals surface area contributed by atoms with Crippen LogP contribution < -0.4 is 0 Å². The lowest BCUT2D eigenvalue weighted by Crippen LogP contribution is -2.38. The van der Waals surface area contributed by atoms with Crippen LogP contribution in [-0.4, -0.2) is 26.7 Å². The Labute approximate surface area is 196 Å². The summed E-state index contributed by atoms with van der Waals surface area (Å²) in [5.74, 6) is 2.35. The highest BCUT2D eigenvalue weighted by Crippen LogP contribution is 2.36. The maximum absolute atomic E-state index is 13.8. The van der Waals surface area contributed by atoms with E-state index in [0.717, 1.165) is 41.7 Å². The Hall–Kier alpha value is -2.82. The first-order chi connectivity index (χ1) is 15.9. The summed E-state index contributed by atoms with van der Waals surface area (Å²) in [4.78, 5) is 18.7. The predicted molar refractivity (Wildman–Crippen MR) is 131 cm³/mol. The summed E-state index contributed by atoms with van der Waals surface area (Å²) < 4.78 is 8.40. The van der Waals surface area contributed by atoms with Crippen molar-refractivity contribution in [3.8, 4) is 5.75 Å². The molecule has 5 nitrogen and oxygen atoms in total. The van der Waals surface area contributed by atoms with Crippen LogP contribution in [0.3, 0.4) is 0 Å². The molecule has 2 aromatic carbocycles. The highest BCUT2D eigenvalue weighted by molar-refractivity contribution is 5.81. The van der Waals surface area contributed by atoms with Crippen LogP contribution in [0.1, 0.15) is 64.4 Å². The number of aryl methyl sites for hydroxylation is 1. The van der Waals surface area contributed by atoms with Crippen LogP contribution in [0.25, 0.3) is 11.0 Å². The topological polar surface area (TPSA) is 64.3 Å². The molecule has 0 radical (unpaired) electrons. The van der Waals surface area contributed by atoms with Crippen LogP contribution in [0.2, 0.25) is 0 Å². The molecule has 1 N–H and O–H groups in total. The molecular weight excluding hydrogens is 412 g/mol. The number of hydrogen-bond donors (Lipinski definition) is 1. The number of aromatic hydroxyl groups is 1. The number of ether oxygens (including phenoxy) is 1. The van der Waals surface area contributed by atoms with Gasteiger partial charge in [0.15, 0.2) is 0 Å². The van der Waals surface area contributed by atoms with Gasteiger partial charge in [-0.3, -0.25) is 0 Å². The third-order valence-corrected chi connectivity index (χ3v) is 7.16. The summed E-state index contributed by atoms with van der Waals surface area (Å²) in [6.45, 7) is 8.78. The maximum Gasteiger partial charge on any atom is 0.329 e. The fourth-order valence-corrected chi connectivity index (χ4v) is 5.30. The summed E-state index contributed by atoms with van der Waals surface area (Å²) in [5.41, 5.74) is 2.82. The first-order valence-corrected chi connectivity index (χ1v) is 12.3. The lowest BCUT2D eigenvalue weighted by Gasteiger charge is -2.37. The number of phenols is 1. The number of hydrogen-bond acceptors (Lipinski definition) is 4. The van der Waals surface area contributed by atoms with E-state index in [1.807, 2.05) is 36.4 Å². The maximum atomic E-state index is 13.8. The molecular formula is C28H36N2O3. The van der Waals surface area contributed by atoms with Gasteiger partial charge in [0.05, 0.1) is 11.0 Å². The molecule has 1 aromatic heterocycles. The Balaban J connectivity index is 1.71. The SMILES string of the molecule is CCc1nc2ccccc2n1C(Cc1ccc(O)cc1)C(=O)O[C@@H]1CC(C)CC[C@H]1C(C)C. The van der Waals surface area contributed by atoms with Crippen molar-refractivity contribution in [2.75, 3.05) is 0 Å². The van der Waals surface area contributed by atoms with E-state index in [0.29, 0.717) is 24.2 Å². The molecule has 33 heavy (non-hydrogen) atoms. The van der Waals surface area contributed by atoms with E-state index >= 15 is 0 Å². The van der Waals surface area contributed by atoms with E-state index in [4.69, 9.17) is 9.72 Å². The zero-order valence-corrected chi connectivity index (χ0v) is 20.2. The number of carbonyl (C=O) groups is 1. The zero-order chi connectivity index (χ0) is 23.5. The average Bonchev–Trinajstić information content (AvgIpc) is 3.17. The lowest BCUT2D eigenvalue weighted by molar-refractivity contribution is -0.160. The van der Waals surface area contributed by atoms with Crippen LogP contribution in [0.4, 0.5) is 0 Å². The highest BCUT2D eigenvalue weighted by atomic mass is 16.5. The van der Waals surface area contributed by atoms with Gasteiger partial charge >= 0.3 is 5.97 Å². The molecule has 0 spiro atoms. The van der Waals surface area contributed by atoms with Crippen molar-refractivity contribution >= 4 is 17.0 Å². The Bertz CT molecular complexity index is 1090. The summed E-state index contributed by atoms with van der Waals surface area (Å²) in [6, 6.07) is 14.6. The molecule has 4 atom stereocenters. The van der Waals surface area contributed by atoms with Crippen LogP contribution in [0, 0.1) is 17.8 Å². The molecule has 2 unspecified atom stereocenters. The van der Waals surface area contributed by atoms with Gasteiger partial charge in [0.2, 0.25) is 0 Å². The molecule has 1 fully saturated rings. The summed E-state index contributed by atoms with van der Waals surface area (Å²) in [6.07, 6.45) is 4.38. The number of fused-ring (bicyclic) bond motifs is 1. The third kappa shape index (κ3) is 5.07. The number of phenolic OH excluding ortho intramolecular Hbond substituents is 1. The number of esters is 1. The highest BCUT2D eigenvalue weighted by Gasteiger charge is 2.36. The minimum Gasteiger partial charge on any atom is -0.508 e. The number of para-hydroxylation sites is 2. The Morgan fingerprint density at radius 3 is 2.58 bits per heavy atom. The number of nitrogens with zero attached hydrogens (tertiary/aromatic N) is 2. The largest absolute Gasteiger partial charge is 0.508 e. The summed E-state index contributed by atoms with van der Waals surface area (Å²) in [5, 5.41) is 9.72. The lowest BCUT2D eigenvalue weighted by atomic mass is 9.75. The van der Waals surface area contributed by atoms with Crippen molar-refractivity contribution in [2.24, 2.45) is 17.8 Å². The van der Waals surface area contributed by atoms with E-state index < -0.39 is 6.04 Å². The van der Waals surface area contributed by atoms with Gasteiger partial charge in [0.1, 0.15) is 23.7 Å². The van der Waals surface area contributed by atoms with E-state index in [9.17, 15) is 9.90 Å². The zero-order valence-electron chi connectivity index (χ0n) is 20.2. The molecule has 1 aliphatic carbocycles. The van der Waals surface area contributed by atoms with Gasteiger partial charge in [-0.25, -0.2) is 9.78 Å². The summed E-state index contributed by atoms with van der Waals surface area (Å²) in [7, 11) is 0. The first-order valence-electron chi connectivity index (χ1n) is 12.3. The quantitative estimate of drug-likeness (QED) is 0.444. The van der Waals surface area contributed by atoms with Crippen LogP contribution in [-0.2, 0) is 22.4 Å². The number of carbonyl (C=O) groups excluding carboxylic acids is 1. The minimum absolute atomic E-state index is 0.0524. The molecule has 1 saturated carbocycles. The van der Waals surface area contributed by atoms with E-state index in [1.54, 1.807) is 12.1 Å². The minimum atomic E-state index is -0.512. The average molecular weight is 449 g/mol. The summed E-state index contributed by atoms with van der Waals surface area (Å²) >= 11 is 0. The Morgan fingerprint density at radius 1 is 1.15 bits per heavy atom. The standard InChI is InChI=1S/C28H36N2O3/c1-5-27-29-23-8-6-7-9-24(23)30(27)25(17-20-11-13-21(31)14-12-20)28(32)33-26-16-19(4)10-15-22(26)18(2)3/h6-9,11-14,18-19,22,25-26,31H,5,10,15-17H2,1-4H3/t19?,22-,25?,26+/m0/s1. The molecule has 1 heterocycles. The van der Waals surface area contributed by atoms with Crippen LogP contribution in [0.5, 0.6) is 5.75 Å². The first kappa shape index (κ1) is 23.3. The molecule has 1 aliphatic rings. The van der Waals surface area contributed by atoms with Crippen molar-refractivity contribution in [3.63, 3.8) is 0 Å². The van der Waals surface area contributed by atoms with Gasteiger partial charge in [0.25, 0.3) is 0 Å².